The Morgan fingerprint density at radius 3 is 1.60 bits per heavy atom. The van der Waals surface area contributed by atoms with Crippen molar-refractivity contribution in [3.8, 4) is 0 Å². The Kier molecular flexibility index (Phi) is 26.4. The lowest BCUT2D eigenvalue weighted by Crippen LogP contribution is -2.54. The number of piperidine rings is 1. The van der Waals surface area contributed by atoms with Gasteiger partial charge in [0.25, 0.3) is 11.8 Å². The van der Waals surface area contributed by atoms with Gasteiger partial charge in [0.2, 0.25) is 11.8 Å². The average molecular weight is 826 g/mol. The molecule has 1 aromatic rings. The van der Waals surface area contributed by atoms with Crippen molar-refractivity contribution in [1.82, 2.24) is 10.2 Å². The van der Waals surface area contributed by atoms with Crippen molar-refractivity contribution < 1.29 is 71.3 Å². The molecule has 1 atom stereocenters. The van der Waals surface area contributed by atoms with Crippen molar-refractivity contribution in [2.75, 3.05) is 137 Å². The van der Waals surface area contributed by atoms with E-state index in [1.807, 2.05) is 0 Å². The molecule has 18 heteroatoms. The van der Waals surface area contributed by atoms with Gasteiger partial charge in [-0.1, -0.05) is 32.3 Å². The number of esters is 1. The number of amides is 4. The highest BCUT2D eigenvalue weighted by molar-refractivity contribution is 6.25. The first-order valence-electron chi connectivity index (χ1n) is 20.4. The Hall–Kier alpha value is -3.59. The predicted molar refractivity (Wildman–Crippen MR) is 209 cm³/mol. The maximum atomic E-state index is 13.2. The fraction of sp³-hybridized carbons (Fsp3) is 0.725. The van der Waals surface area contributed by atoms with Crippen molar-refractivity contribution >= 4 is 35.3 Å². The minimum atomic E-state index is -1.01. The third-order valence-corrected chi connectivity index (χ3v) is 8.73. The second-order valence-electron chi connectivity index (χ2n) is 13.1. The molecule has 0 saturated carbocycles. The molecule has 1 unspecified atom stereocenters. The lowest BCUT2D eigenvalue weighted by Gasteiger charge is -2.27. The minimum absolute atomic E-state index is 0.0634. The normalized spacial score (nSPS) is 15.3. The summed E-state index contributed by atoms with van der Waals surface area (Å²) >= 11 is 0. The number of ether oxygens (including phenoxy) is 10. The molecule has 2 heterocycles. The van der Waals surface area contributed by atoms with E-state index in [2.05, 4.69) is 17.6 Å². The van der Waals surface area contributed by atoms with Gasteiger partial charge in [-0.2, -0.15) is 0 Å². The van der Waals surface area contributed by atoms with Gasteiger partial charge in [-0.25, -0.2) is 0 Å². The maximum Gasteiger partial charge on any atom is 0.305 e. The van der Waals surface area contributed by atoms with E-state index in [0.717, 1.165) is 30.6 Å². The number of carbonyl (C=O) groups is 5. The van der Waals surface area contributed by atoms with Crippen LogP contribution in [0.2, 0.25) is 0 Å². The summed E-state index contributed by atoms with van der Waals surface area (Å²) < 4.78 is 54.5. The molecule has 1 saturated heterocycles. The molecule has 1 fully saturated rings. The van der Waals surface area contributed by atoms with Crippen molar-refractivity contribution in [3.63, 3.8) is 0 Å². The Bertz CT molecular complexity index is 1350. The first kappa shape index (κ1) is 48.8. The van der Waals surface area contributed by atoms with Crippen LogP contribution in [0.25, 0.3) is 0 Å². The van der Waals surface area contributed by atoms with E-state index in [1.54, 1.807) is 18.2 Å². The van der Waals surface area contributed by atoms with E-state index in [4.69, 9.17) is 47.4 Å². The molecule has 328 valence electrons. The largest absolute Gasteiger partial charge is 0.463 e. The van der Waals surface area contributed by atoms with Crippen LogP contribution < -0.4 is 10.6 Å². The fourth-order valence-electron chi connectivity index (χ4n) is 5.76. The van der Waals surface area contributed by atoms with Crippen molar-refractivity contribution in [2.45, 2.75) is 57.9 Å². The van der Waals surface area contributed by atoms with Crippen LogP contribution in [-0.2, 0) is 61.8 Å². The zero-order valence-electron chi connectivity index (χ0n) is 34.0. The van der Waals surface area contributed by atoms with Crippen LogP contribution in [0.3, 0.4) is 0 Å². The van der Waals surface area contributed by atoms with E-state index in [0.29, 0.717) is 138 Å². The smallest absolute Gasteiger partial charge is 0.305 e. The third-order valence-electron chi connectivity index (χ3n) is 8.73. The number of nitrogens with zero attached hydrogens (tertiary/aromatic N) is 1. The minimum Gasteiger partial charge on any atom is -0.463 e. The lowest BCUT2D eigenvalue weighted by molar-refractivity contribution is -0.145. The highest BCUT2D eigenvalue weighted by atomic mass is 16.6. The highest BCUT2D eigenvalue weighted by Gasteiger charge is 2.45. The molecule has 3 rings (SSSR count). The molecule has 18 nitrogen and oxygen atoms in total. The van der Waals surface area contributed by atoms with Gasteiger partial charge >= 0.3 is 5.97 Å². The number of carbonyl (C=O) groups excluding carboxylic acids is 5. The predicted octanol–water partition coefficient (Wildman–Crippen LogP) is 2.16. The monoisotopic (exact) mass is 825 g/mol. The van der Waals surface area contributed by atoms with Crippen LogP contribution in [0, 0.1) is 0 Å². The molecule has 0 aromatic heterocycles. The van der Waals surface area contributed by atoms with Crippen LogP contribution in [0.5, 0.6) is 0 Å². The number of imide groups is 2. The van der Waals surface area contributed by atoms with Crippen LogP contribution in [0.1, 0.15) is 72.6 Å². The molecular weight excluding hydrogens is 762 g/mol. The topological polar surface area (TPSA) is 205 Å². The molecule has 58 heavy (non-hydrogen) atoms. The van der Waals surface area contributed by atoms with Crippen LogP contribution >= 0.6 is 0 Å². The Balaban J connectivity index is 0.997. The molecule has 0 aliphatic carbocycles. The van der Waals surface area contributed by atoms with Gasteiger partial charge < -0.3 is 52.7 Å². The Labute approximate surface area is 341 Å². The number of unbranched alkanes of at least 4 members (excludes halogenated alkanes) is 3. The van der Waals surface area contributed by atoms with Gasteiger partial charge in [0, 0.05) is 25.1 Å². The summed E-state index contributed by atoms with van der Waals surface area (Å²) in [5.41, 5.74) is 0.899. The van der Waals surface area contributed by atoms with Crippen LogP contribution in [-0.4, -0.2) is 173 Å². The number of rotatable bonds is 37. The first-order chi connectivity index (χ1) is 28.4. The fourth-order valence-corrected chi connectivity index (χ4v) is 5.76. The molecular formula is C40H63N3O15. The molecule has 2 N–H and O–H groups in total. The maximum absolute atomic E-state index is 13.2. The molecule has 4 amide bonds. The number of fused-ring (bicyclic) bond motifs is 1. The summed E-state index contributed by atoms with van der Waals surface area (Å²) in [7, 11) is 0. The third kappa shape index (κ3) is 19.9. The molecule has 0 bridgehead atoms. The van der Waals surface area contributed by atoms with E-state index in [9.17, 15) is 24.0 Å². The van der Waals surface area contributed by atoms with Gasteiger partial charge in [0.15, 0.2) is 0 Å². The van der Waals surface area contributed by atoms with Crippen molar-refractivity contribution in [3.05, 3.63) is 29.3 Å². The van der Waals surface area contributed by atoms with Crippen LogP contribution in [0.4, 0.5) is 5.69 Å². The zero-order chi connectivity index (χ0) is 41.5. The summed E-state index contributed by atoms with van der Waals surface area (Å²) in [6.07, 6.45) is 4.86. The SMILES string of the molecule is CCCCCCC(=O)OCCOCCOCCOCCOCCOCCOCCOCCOCCOCCNc1cccc2c1C(=O)N(C1CCC(=O)NC1=O)C2=O. The van der Waals surface area contributed by atoms with Gasteiger partial charge in [-0.3, -0.25) is 34.2 Å². The van der Waals surface area contributed by atoms with Crippen molar-refractivity contribution in [2.24, 2.45) is 0 Å². The summed E-state index contributed by atoms with van der Waals surface area (Å²) in [5.74, 6) is -2.34. The highest BCUT2D eigenvalue weighted by Crippen LogP contribution is 2.32. The Morgan fingerprint density at radius 1 is 0.638 bits per heavy atom. The zero-order valence-corrected chi connectivity index (χ0v) is 34.0. The summed E-state index contributed by atoms with van der Waals surface area (Å²) in [6.45, 7) is 10.5. The lowest BCUT2D eigenvalue weighted by atomic mass is 10.0. The molecule has 2 aliphatic heterocycles. The number of nitrogens with one attached hydrogen (secondary N) is 2. The number of benzene rings is 1. The molecule has 2 aliphatic rings. The number of anilines is 1. The molecule has 0 radical (unpaired) electrons. The Morgan fingerprint density at radius 2 is 1.12 bits per heavy atom. The second kappa shape index (κ2) is 31.3. The van der Waals surface area contributed by atoms with E-state index >= 15 is 0 Å². The second-order valence-corrected chi connectivity index (χ2v) is 13.1. The average Bonchev–Trinajstić information content (AvgIpc) is 3.47. The summed E-state index contributed by atoms with van der Waals surface area (Å²) in [6, 6.07) is 3.90. The molecule has 0 spiro atoms. The summed E-state index contributed by atoms with van der Waals surface area (Å²) in [5, 5.41) is 5.33. The number of hydrogen-bond donors (Lipinski definition) is 2. The number of hydrogen-bond acceptors (Lipinski definition) is 16. The van der Waals surface area contributed by atoms with Gasteiger partial charge in [-0.05, 0) is 25.0 Å². The van der Waals surface area contributed by atoms with Gasteiger partial charge in [-0.15, -0.1) is 0 Å². The van der Waals surface area contributed by atoms with Crippen molar-refractivity contribution in [1.29, 1.82) is 0 Å². The van der Waals surface area contributed by atoms with Gasteiger partial charge in [0.1, 0.15) is 12.6 Å². The molecule has 1 aromatic carbocycles. The van der Waals surface area contributed by atoms with E-state index in [-0.39, 0.29) is 36.5 Å². The van der Waals surface area contributed by atoms with Crippen LogP contribution in [0.15, 0.2) is 18.2 Å². The first-order valence-corrected chi connectivity index (χ1v) is 20.4. The quantitative estimate of drug-likeness (QED) is 0.0561. The summed E-state index contributed by atoms with van der Waals surface area (Å²) in [4.78, 5) is 62.4. The van der Waals surface area contributed by atoms with E-state index in [1.165, 1.54) is 0 Å². The van der Waals surface area contributed by atoms with E-state index < -0.39 is 29.7 Å². The van der Waals surface area contributed by atoms with Gasteiger partial charge in [0.05, 0.1) is 130 Å². The standard InChI is InChI=1S/C40H63N3O15/c1-2-3-4-5-9-36(45)58-31-30-57-29-28-56-27-26-55-25-24-54-23-22-53-21-20-52-19-18-51-17-16-50-15-14-49-13-12-41-33-8-6-7-32-37(33)40(48)43(39(32)47)34-10-11-35(44)42-38(34)46/h6-8,34,41H,2-5,9-31H2,1H3,(H,42,44,46).